The highest BCUT2D eigenvalue weighted by molar-refractivity contribution is 5.92. The minimum atomic E-state index is -0.826. The lowest BCUT2D eigenvalue weighted by Crippen LogP contribution is -2.33. The number of benzene rings is 2. The summed E-state index contributed by atoms with van der Waals surface area (Å²) >= 11 is 0. The Morgan fingerprint density at radius 1 is 1.11 bits per heavy atom. The summed E-state index contributed by atoms with van der Waals surface area (Å²) in [7, 11) is 0. The van der Waals surface area contributed by atoms with Crippen LogP contribution in [0.2, 0.25) is 0 Å². The molecule has 1 N–H and O–H groups in total. The number of para-hydroxylation sites is 1. The van der Waals surface area contributed by atoms with Gasteiger partial charge in [-0.2, -0.15) is 0 Å². The summed E-state index contributed by atoms with van der Waals surface area (Å²) in [6.07, 6.45) is 5.17. The van der Waals surface area contributed by atoms with Crippen molar-refractivity contribution in [3.05, 3.63) is 71.4 Å². The number of fused-ring (bicyclic) bond motifs is 1. The molecule has 2 amide bonds. The quantitative estimate of drug-likeness (QED) is 0.830. The topological polar surface area (TPSA) is 50.8 Å². The van der Waals surface area contributed by atoms with E-state index < -0.39 is 23.4 Å². The monoisotopic (exact) mass is 384 g/mol. The minimum absolute atomic E-state index is 0.249. The molecule has 0 bridgehead atoms. The highest BCUT2D eigenvalue weighted by Gasteiger charge is 2.22. The van der Waals surface area contributed by atoms with Gasteiger partial charge in [0.05, 0.1) is 6.54 Å². The van der Waals surface area contributed by atoms with E-state index in [-0.39, 0.29) is 6.54 Å². The van der Waals surface area contributed by atoms with Gasteiger partial charge in [0.15, 0.2) is 11.5 Å². The summed E-state index contributed by atoms with van der Waals surface area (Å²) in [5.41, 5.74) is 2.31. The molecule has 0 fully saturated rings. The van der Waals surface area contributed by atoms with Gasteiger partial charge in [0.2, 0.25) is 0 Å². The second-order valence-corrected chi connectivity index (χ2v) is 6.50. The van der Waals surface area contributed by atoms with Crippen LogP contribution in [0.4, 0.5) is 19.3 Å². The average Bonchev–Trinajstić information content (AvgIpc) is 2.70. The summed E-state index contributed by atoms with van der Waals surface area (Å²) in [5.74, 6) is -0.295. The van der Waals surface area contributed by atoms with E-state index in [4.69, 9.17) is 9.47 Å². The Hall–Kier alpha value is -3.35. The third kappa shape index (κ3) is 3.43. The number of hydrogen-bond acceptors (Lipinski definition) is 3. The van der Waals surface area contributed by atoms with Gasteiger partial charge in [-0.1, -0.05) is 12.1 Å². The van der Waals surface area contributed by atoms with E-state index in [0.29, 0.717) is 24.7 Å². The van der Waals surface area contributed by atoms with Crippen molar-refractivity contribution in [1.82, 2.24) is 4.90 Å². The van der Waals surface area contributed by atoms with Crippen LogP contribution >= 0.6 is 0 Å². The Labute approximate surface area is 160 Å². The number of ether oxygens (including phenoxy) is 2. The molecule has 0 saturated carbocycles. The summed E-state index contributed by atoms with van der Waals surface area (Å²) in [5, 5.41) is 2.30. The predicted molar refractivity (Wildman–Crippen MR) is 101 cm³/mol. The molecule has 2 heterocycles. The van der Waals surface area contributed by atoms with E-state index in [2.05, 4.69) is 5.32 Å². The third-order valence-electron chi connectivity index (χ3n) is 4.59. The summed E-state index contributed by atoms with van der Waals surface area (Å²) in [6.45, 7) is 3.19. The molecule has 0 unspecified atom stereocenters. The number of allylic oxidation sites excluding steroid dienone is 2. The van der Waals surface area contributed by atoms with Crippen LogP contribution in [0.3, 0.4) is 0 Å². The van der Waals surface area contributed by atoms with Gasteiger partial charge in [-0.05, 0) is 54.0 Å². The molecule has 2 aromatic carbocycles. The van der Waals surface area contributed by atoms with Crippen molar-refractivity contribution < 1.29 is 23.0 Å². The van der Waals surface area contributed by atoms with Crippen LogP contribution in [0.1, 0.15) is 11.1 Å². The van der Waals surface area contributed by atoms with Crippen LogP contribution in [0.25, 0.3) is 5.57 Å². The van der Waals surface area contributed by atoms with E-state index in [1.165, 1.54) is 11.0 Å². The molecule has 0 aliphatic carbocycles. The third-order valence-corrected chi connectivity index (χ3v) is 4.59. The number of urea groups is 1. The molecule has 5 nitrogen and oxygen atoms in total. The first-order chi connectivity index (χ1) is 13.5. The lowest BCUT2D eigenvalue weighted by Gasteiger charge is -2.26. The molecule has 144 valence electrons. The summed E-state index contributed by atoms with van der Waals surface area (Å²) in [4.78, 5) is 13.9. The zero-order valence-corrected chi connectivity index (χ0v) is 15.2. The molecule has 0 aromatic heterocycles. The molecule has 28 heavy (non-hydrogen) atoms. The normalized spacial score (nSPS) is 15.2. The zero-order valence-electron chi connectivity index (χ0n) is 15.2. The first kappa shape index (κ1) is 18.0. The number of amides is 2. The molecule has 2 aliphatic heterocycles. The van der Waals surface area contributed by atoms with E-state index in [1.807, 2.05) is 25.1 Å². The Morgan fingerprint density at radius 3 is 2.50 bits per heavy atom. The Bertz CT molecular complexity index is 981. The average molecular weight is 384 g/mol. The van der Waals surface area contributed by atoms with Crippen molar-refractivity contribution in [2.45, 2.75) is 6.92 Å². The van der Waals surface area contributed by atoms with Crippen LogP contribution < -0.4 is 14.8 Å². The fourth-order valence-electron chi connectivity index (χ4n) is 3.20. The molecule has 4 rings (SSSR count). The van der Waals surface area contributed by atoms with Crippen LogP contribution in [0, 0.1) is 18.6 Å². The molecule has 2 aromatic rings. The lowest BCUT2D eigenvalue weighted by molar-refractivity contribution is 0.171. The Morgan fingerprint density at radius 2 is 1.79 bits per heavy atom. The molecule has 0 atom stereocenters. The van der Waals surface area contributed by atoms with Crippen molar-refractivity contribution in [3.63, 3.8) is 0 Å². The second-order valence-electron chi connectivity index (χ2n) is 6.50. The van der Waals surface area contributed by atoms with Gasteiger partial charge >= 0.3 is 6.03 Å². The standard InChI is InChI=1S/C21H18F2N2O3/c1-13-10-18-19(28-9-8-27-18)11-15(13)14-4-3-7-25(12-14)21(26)24-20-16(22)5-2-6-17(20)23/h2-7,10-11H,8-9,12H2,1H3,(H,24,26). The van der Waals surface area contributed by atoms with Crippen molar-refractivity contribution in [3.8, 4) is 11.5 Å². The fraction of sp³-hybridized carbons (Fsp3) is 0.190. The lowest BCUT2D eigenvalue weighted by atomic mass is 9.97. The van der Waals surface area contributed by atoms with Crippen molar-refractivity contribution in [2.24, 2.45) is 0 Å². The molecule has 0 radical (unpaired) electrons. The van der Waals surface area contributed by atoms with Gasteiger partial charge in [-0.15, -0.1) is 0 Å². The van der Waals surface area contributed by atoms with Crippen molar-refractivity contribution >= 4 is 17.3 Å². The van der Waals surface area contributed by atoms with Crippen molar-refractivity contribution in [1.29, 1.82) is 0 Å². The van der Waals surface area contributed by atoms with Crippen LogP contribution in [-0.2, 0) is 0 Å². The maximum absolute atomic E-state index is 13.8. The maximum atomic E-state index is 13.8. The molecular formula is C21H18F2N2O3. The molecule has 0 spiro atoms. The number of halogens is 2. The summed E-state index contributed by atoms with van der Waals surface area (Å²) in [6, 6.07) is 6.60. The SMILES string of the molecule is Cc1cc2c(cc1C1=CC=CN(C(=O)Nc3c(F)cccc3F)C1)OCCO2. The smallest absolute Gasteiger partial charge is 0.326 e. The number of nitrogens with one attached hydrogen (secondary N) is 1. The molecule has 7 heteroatoms. The van der Waals surface area contributed by atoms with E-state index in [9.17, 15) is 13.6 Å². The molecule has 2 aliphatic rings. The van der Waals surface area contributed by atoms with Crippen LogP contribution in [0.5, 0.6) is 11.5 Å². The number of rotatable bonds is 2. The summed E-state index contributed by atoms with van der Waals surface area (Å²) < 4.78 is 38.8. The highest BCUT2D eigenvalue weighted by atomic mass is 19.1. The highest BCUT2D eigenvalue weighted by Crippen LogP contribution is 2.36. The number of carbonyl (C=O) groups excluding carboxylic acids is 1. The van der Waals surface area contributed by atoms with Gasteiger partial charge in [0, 0.05) is 6.20 Å². The van der Waals surface area contributed by atoms with Crippen LogP contribution in [-0.4, -0.2) is 30.7 Å². The van der Waals surface area contributed by atoms with E-state index in [0.717, 1.165) is 28.8 Å². The molecular weight excluding hydrogens is 366 g/mol. The number of carbonyl (C=O) groups is 1. The predicted octanol–water partition coefficient (Wildman–Crippen LogP) is 4.49. The zero-order chi connectivity index (χ0) is 19.7. The van der Waals surface area contributed by atoms with Gasteiger partial charge < -0.3 is 14.8 Å². The largest absolute Gasteiger partial charge is 0.486 e. The van der Waals surface area contributed by atoms with Gasteiger partial charge in [-0.25, -0.2) is 13.6 Å². The number of nitrogens with zero attached hydrogens (tertiary/aromatic N) is 1. The number of hydrogen-bond donors (Lipinski definition) is 1. The fourth-order valence-corrected chi connectivity index (χ4v) is 3.20. The number of anilines is 1. The maximum Gasteiger partial charge on any atom is 0.326 e. The van der Waals surface area contributed by atoms with E-state index in [1.54, 1.807) is 12.3 Å². The Balaban J connectivity index is 1.54. The van der Waals surface area contributed by atoms with E-state index >= 15 is 0 Å². The van der Waals surface area contributed by atoms with Gasteiger partial charge in [0.25, 0.3) is 0 Å². The van der Waals surface area contributed by atoms with Crippen molar-refractivity contribution in [2.75, 3.05) is 25.1 Å². The molecule has 0 saturated heterocycles. The van der Waals surface area contributed by atoms with Crippen LogP contribution in [0.15, 0.2) is 48.7 Å². The first-order valence-electron chi connectivity index (χ1n) is 8.82. The first-order valence-corrected chi connectivity index (χ1v) is 8.82. The van der Waals surface area contributed by atoms with Gasteiger partial charge in [-0.3, -0.25) is 4.90 Å². The van der Waals surface area contributed by atoms with Gasteiger partial charge in [0.1, 0.15) is 30.5 Å². The minimum Gasteiger partial charge on any atom is -0.486 e. The number of aryl methyl sites for hydroxylation is 1. The Kier molecular flexibility index (Phi) is 4.73. The second kappa shape index (κ2) is 7.34.